The Kier molecular flexibility index (Phi) is 3.39. The number of carbonyl (C=O) groups excluding carboxylic acids is 1. The third kappa shape index (κ3) is 1.99. The molecule has 0 fully saturated rings. The number of anilines is 1. The van der Waals surface area contributed by atoms with Gasteiger partial charge in [-0.05, 0) is 47.5 Å². The standard InChI is InChI=1S/C14H16N2OS/c1-3-9-11(12-5-4-6-18-12)7-10(14(16)17)8(2)13(9)15/h4-7H,3,15H2,1-2H3,(H2,16,17). The van der Waals surface area contributed by atoms with Crippen molar-refractivity contribution < 1.29 is 4.79 Å². The largest absolute Gasteiger partial charge is 0.398 e. The normalized spacial score (nSPS) is 10.6. The van der Waals surface area contributed by atoms with Gasteiger partial charge in [0.05, 0.1) is 0 Å². The van der Waals surface area contributed by atoms with E-state index in [2.05, 4.69) is 6.92 Å². The Labute approximate surface area is 110 Å². The minimum Gasteiger partial charge on any atom is -0.398 e. The first kappa shape index (κ1) is 12.6. The van der Waals surface area contributed by atoms with Crippen LogP contribution in [0.25, 0.3) is 10.4 Å². The molecule has 0 unspecified atom stereocenters. The molecule has 0 bridgehead atoms. The maximum Gasteiger partial charge on any atom is 0.249 e. The van der Waals surface area contributed by atoms with Crippen LogP contribution in [0, 0.1) is 6.92 Å². The summed E-state index contributed by atoms with van der Waals surface area (Å²) in [7, 11) is 0. The lowest BCUT2D eigenvalue weighted by atomic mass is 9.94. The van der Waals surface area contributed by atoms with Crippen LogP contribution in [0.3, 0.4) is 0 Å². The first-order valence-corrected chi connectivity index (χ1v) is 6.69. The summed E-state index contributed by atoms with van der Waals surface area (Å²) in [5.74, 6) is -0.431. The van der Waals surface area contributed by atoms with Gasteiger partial charge in [-0.3, -0.25) is 4.79 Å². The Hall–Kier alpha value is -1.81. The summed E-state index contributed by atoms with van der Waals surface area (Å²) in [6, 6.07) is 5.87. The zero-order chi connectivity index (χ0) is 13.3. The second-order valence-electron chi connectivity index (χ2n) is 4.18. The predicted molar refractivity (Wildman–Crippen MR) is 76.8 cm³/mol. The van der Waals surface area contributed by atoms with Crippen LogP contribution in [0.5, 0.6) is 0 Å². The van der Waals surface area contributed by atoms with Crippen molar-refractivity contribution >= 4 is 22.9 Å². The molecular formula is C14H16N2OS. The number of benzene rings is 1. The van der Waals surface area contributed by atoms with E-state index in [1.165, 1.54) is 0 Å². The van der Waals surface area contributed by atoms with Crippen molar-refractivity contribution in [2.75, 3.05) is 5.73 Å². The second kappa shape index (κ2) is 4.82. The molecule has 0 saturated carbocycles. The highest BCUT2D eigenvalue weighted by Gasteiger charge is 2.16. The number of hydrogen-bond donors (Lipinski definition) is 2. The highest BCUT2D eigenvalue weighted by atomic mass is 32.1. The average molecular weight is 260 g/mol. The Bertz CT molecular complexity index is 588. The van der Waals surface area contributed by atoms with E-state index in [1.54, 1.807) is 11.3 Å². The van der Waals surface area contributed by atoms with Gasteiger partial charge in [0.2, 0.25) is 5.91 Å². The monoisotopic (exact) mass is 260 g/mol. The number of thiophene rings is 1. The predicted octanol–water partition coefficient (Wildman–Crippen LogP) is 2.97. The van der Waals surface area contributed by atoms with Gasteiger partial charge in [-0.2, -0.15) is 0 Å². The first-order valence-electron chi connectivity index (χ1n) is 5.81. The molecule has 0 radical (unpaired) electrons. The molecule has 0 atom stereocenters. The van der Waals surface area contributed by atoms with Crippen molar-refractivity contribution in [2.24, 2.45) is 5.73 Å². The summed E-state index contributed by atoms with van der Waals surface area (Å²) < 4.78 is 0. The van der Waals surface area contributed by atoms with Crippen LogP contribution < -0.4 is 11.5 Å². The van der Waals surface area contributed by atoms with Gasteiger partial charge in [0.25, 0.3) is 0 Å². The third-order valence-corrected chi connectivity index (χ3v) is 4.06. The van der Waals surface area contributed by atoms with Crippen molar-refractivity contribution in [3.05, 3.63) is 40.3 Å². The SMILES string of the molecule is CCc1c(-c2cccs2)cc(C(N)=O)c(C)c1N. The van der Waals surface area contributed by atoms with Crippen LogP contribution in [0.15, 0.2) is 23.6 Å². The number of nitrogen functional groups attached to an aromatic ring is 1. The minimum absolute atomic E-state index is 0.431. The lowest BCUT2D eigenvalue weighted by Crippen LogP contribution is -2.15. The maximum absolute atomic E-state index is 11.5. The molecule has 94 valence electrons. The summed E-state index contributed by atoms with van der Waals surface area (Å²) in [5.41, 5.74) is 15.6. The summed E-state index contributed by atoms with van der Waals surface area (Å²) in [4.78, 5) is 12.6. The average Bonchev–Trinajstić information content (AvgIpc) is 2.85. The van der Waals surface area contributed by atoms with Crippen LogP contribution in [-0.2, 0) is 6.42 Å². The van der Waals surface area contributed by atoms with E-state index in [9.17, 15) is 4.79 Å². The van der Waals surface area contributed by atoms with E-state index < -0.39 is 5.91 Å². The van der Waals surface area contributed by atoms with Crippen molar-refractivity contribution in [3.63, 3.8) is 0 Å². The number of amides is 1. The van der Waals surface area contributed by atoms with Gasteiger partial charge < -0.3 is 11.5 Å². The molecule has 1 amide bonds. The van der Waals surface area contributed by atoms with E-state index in [-0.39, 0.29) is 0 Å². The fraction of sp³-hybridized carbons (Fsp3) is 0.214. The van der Waals surface area contributed by atoms with Gasteiger partial charge in [-0.1, -0.05) is 13.0 Å². The quantitative estimate of drug-likeness (QED) is 0.833. The Morgan fingerprint density at radius 3 is 2.67 bits per heavy atom. The Balaban J connectivity index is 2.75. The summed E-state index contributed by atoms with van der Waals surface area (Å²) in [6.45, 7) is 3.90. The van der Waals surface area contributed by atoms with E-state index in [0.717, 1.165) is 28.0 Å². The molecule has 2 aromatic rings. The number of primary amides is 1. The van der Waals surface area contributed by atoms with E-state index in [4.69, 9.17) is 11.5 Å². The molecular weight excluding hydrogens is 244 g/mol. The zero-order valence-electron chi connectivity index (χ0n) is 10.5. The van der Waals surface area contributed by atoms with Crippen LogP contribution >= 0.6 is 11.3 Å². The molecule has 4 heteroatoms. The molecule has 1 heterocycles. The van der Waals surface area contributed by atoms with Crippen molar-refractivity contribution in [3.8, 4) is 10.4 Å². The van der Waals surface area contributed by atoms with Gasteiger partial charge >= 0.3 is 0 Å². The number of nitrogens with two attached hydrogens (primary N) is 2. The Morgan fingerprint density at radius 1 is 1.44 bits per heavy atom. The molecule has 0 aliphatic carbocycles. The van der Waals surface area contributed by atoms with E-state index in [0.29, 0.717) is 11.3 Å². The number of rotatable bonds is 3. The van der Waals surface area contributed by atoms with Crippen molar-refractivity contribution in [2.45, 2.75) is 20.3 Å². The third-order valence-electron chi connectivity index (χ3n) is 3.15. The molecule has 1 aromatic heterocycles. The first-order chi connectivity index (χ1) is 8.56. The van der Waals surface area contributed by atoms with Gasteiger partial charge in [-0.25, -0.2) is 0 Å². The second-order valence-corrected chi connectivity index (χ2v) is 5.13. The fourth-order valence-corrected chi connectivity index (χ4v) is 2.91. The van der Waals surface area contributed by atoms with Crippen LogP contribution in [0.2, 0.25) is 0 Å². The lowest BCUT2D eigenvalue weighted by Gasteiger charge is -2.15. The minimum atomic E-state index is -0.431. The molecule has 0 aliphatic rings. The van der Waals surface area contributed by atoms with Gasteiger partial charge in [0.15, 0.2) is 0 Å². The smallest absolute Gasteiger partial charge is 0.249 e. The molecule has 3 nitrogen and oxygen atoms in total. The highest BCUT2D eigenvalue weighted by molar-refractivity contribution is 7.13. The molecule has 1 aromatic carbocycles. The van der Waals surface area contributed by atoms with Crippen LogP contribution in [-0.4, -0.2) is 5.91 Å². The molecule has 18 heavy (non-hydrogen) atoms. The van der Waals surface area contributed by atoms with E-state index >= 15 is 0 Å². The molecule has 0 saturated heterocycles. The topological polar surface area (TPSA) is 69.1 Å². The van der Waals surface area contributed by atoms with Crippen molar-refractivity contribution in [1.29, 1.82) is 0 Å². The van der Waals surface area contributed by atoms with Crippen LogP contribution in [0.4, 0.5) is 5.69 Å². The fourth-order valence-electron chi connectivity index (χ4n) is 2.14. The highest BCUT2D eigenvalue weighted by Crippen LogP contribution is 2.35. The van der Waals surface area contributed by atoms with Crippen molar-refractivity contribution in [1.82, 2.24) is 0 Å². The summed E-state index contributed by atoms with van der Waals surface area (Å²) in [5, 5.41) is 2.01. The van der Waals surface area contributed by atoms with Crippen LogP contribution in [0.1, 0.15) is 28.4 Å². The molecule has 0 spiro atoms. The van der Waals surface area contributed by atoms with Gasteiger partial charge in [0.1, 0.15) is 0 Å². The molecule has 4 N–H and O–H groups in total. The van der Waals surface area contributed by atoms with Gasteiger partial charge in [0, 0.05) is 16.1 Å². The number of carbonyl (C=O) groups is 1. The lowest BCUT2D eigenvalue weighted by molar-refractivity contribution is 0.1000. The summed E-state index contributed by atoms with van der Waals surface area (Å²) in [6.07, 6.45) is 0.832. The van der Waals surface area contributed by atoms with Gasteiger partial charge in [-0.15, -0.1) is 11.3 Å². The number of hydrogen-bond acceptors (Lipinski definition) is 3. The Morgan fingerprint density at radius 2 is 2.17 bits per heavy atom. The zero-order valence-corrected chi connectivity index (χ0v) is 11.3. The summed E-state index contributed by atoms with van der Waals surface area (Å²) >= 11 is 1.63. The van der Waals surface area contributed by atoms with E-state index in [1.807, 2.05) is 30.5 Å². The maximum atomic E-state index is 11.5. The molecule has 0 aliphatic heterocycles. The molecule has 2 rings (SSSR count).